The third-order valence-corrected chi connectivity index (χ3v) is 5.38. The smallest absolute Gasteiger partial charge is 0.168 e. The summed E-state index contributed by atoms with van der Waals surface area (Å²) in [5.41, 5.74) is 6.80. The van der Waals surface area contributed by atoms with Crippen molar-refractivity contribution in [1.82, 2.24) is 0 Å². The predicted molar refractivity (Wildman–Crippen MR) is 81.3 cm³/mol. The molecule has 1 unspecified atom stereocenters. The van der Waals surface area contributed by atoms with Crippen LogP contribution in [-0.4, -0.2) is 24.3 Å². The molecule has 2 fully saturated rings. The Bertz CT molecular complexity index is 463. The van der Waals surface area contributed by atoms with E-state index >= 15 is 0 Å². The van der Waals surface area contributed by atoms with E-state index in [4.69, 9.17) is 15.2 Å². The Morgan fingerprint density at radius 2 is 2.16 bits per heavy atom. The molecule has 0 aromatic heterocycles. The van der Waals surface area contributed by atoms with E-state index in [0.717, 1.165) is 33.7 Å². The van der Waals surface area contributed by atoms with Gasteiger partial charge < -0.3 is 15.2 Å². The third-order valence-electron chi connectivity index (χ3n) is 3.68. The first-order valence-corrected chi connectivity index (χ1v) is 8.44. The van der Waals surface area contributed by atoms with Crippen molar-refractivity contribution in [3.05, 3.63) is 22.7 Å². The molecule has 1 saturated carbocycles. The number of hydrogen-bond donors (Lipinski definition) is 1. The molecular formula is C14H18BrNO2S. The predicted octanol–water partition coefficient (Wildman–Crippen LogP) is 3.81. The molecule has 5 heteroatoms. The normalized spacial score (nSPS) is 25.2. The molecule has 0 amide bonds. The summed E-state index contributed by atoms with van der Waals surface area (Å²) < 4.78 is 13.0. The van der Waals surface area contributed by atoms with Gasteiger partial charge in [0.1, 0.15) is 0 Å². The van der Waals surface area contributed by atoms with Gasteiger partial charge in [0.25, 0.3) is 0 Å². The molecule has 1 spiro atoms. The Hall–Kier alpha value is -0.230. The zero-order chi connectivity index (χ0) is 13.3. The van der Waals surface area contributed by atoms with Crippen LogP contribution in [0.1, 0.15) is 25.7 Å². The Kier molecular flexibility index (Phi) is 4.08. The Balaban J connectivity index is 1.57. The van der Waals surface area contributed by atoms with Crippen LogP contribution in [0.3, 0.4) is 0 Å². The van der Waals surface area contributed by atoms with Gasteiger partial charge in [-0.25, -0.2) is 0 Å². The fraction of sp³-hybridized carbons (Fsp3) is 0.571. The molecule has 3 nitrogen and oxygen atoms in total. The van der Waals surface area contributed by atoms with Crippen molar-refractivity contribution in [3.63, 3.8) is 0 Å². The number of thioether (sulfide) groups is 1. The van der Waals surface area contributed by atoms with Crippen molar-refractivity contribution in [3.8, 4) is 0 Å². The maximum atomic E-state index is 6.11. The van der Waals surface area contributed by atoms with E-state index in [1.807, 2.05) is 12.1 Å². The fourth-order valence-corrected chi connectivity index (χ4v) is 4.18. The van der Waals surface area contributed by atoms with E-state index in [1.54, 1.807) is 11.8 Å². The second-order valence-electron chi connectivity index (χ2n) is 5.16. The molecule has 1 heterocycles. The lowest BCUT2D eigenvalue weighted by Crippen LogP contribution is -2.27. The Morgan fingerprint density at radius 1 is 1.37 bits per heavy atom. The van der Waals surface area contributed by atoms with E-state index in [-0.39, 0.29) is 11.9 Å². The van der Waals surface area contributed by atoms with E-state index in [0.29, 0.717) is 6.61 Å². The molecule has 0 bridgehead atoms. The molecule has 1 aromatic carbocycles. The quantitative estimate of drug-likeness (QED) is 0.669. The van der Waals surface area contributed by atoms with Crippen molar-refractivity contribution in [2.45, 2.75) is 42.5 Å². The van der Waals surface area contributed by atoms with Crippen molar-refractivity contribution in [2.75, 3.05) is 18.1 Å². The molecule has 19 heavy (non-hydrogen) atoms. The van der Waals surface area contributed by atoms with Crippen LogP contribution in [0.2, 0.25) is 0 Å². The summed E-state index contributed by atoms with van der Waals surface area (Å²) in [7, 11) is 0. The summed E-state index contributed by atoms with van der Waals surface area (Å²) in [5.74, 6) is 0.635. The molecule has 104 valence electrons. The molecule has 1 atom stereocenters. The highest BCUT2D eigenvalue weighted by molar-refractivity contribution is 9.10. The summed E-state index contributed by atoms with van der Waals surface area (Å²) in [6.07, 6.45) is 4.72. The Labute approximate surface area is 126 Å². The van der Waals surface area contributed by atoms with Gasteiger partial charge in [-0.05, 0) is 31.0 Å². The lowest BCUT2D eigenvalue weighted by molar-refractivity contribution is -0.159. The van der Waals surface area contributed by atoms with E-state index in [2.05, 4.69) is 22.0 Å². The summed E-state index contributed by atoms with van der Waals surface area (Å²) in [5, 5.41) is 0. The third kappa shape index (κ3) is 3.10. The van der Waals surface area contributed by atoms with Crippen LogP contribution in [0.4, 0.5) is 5.69 Å². The molecule has 1 aliphatic heterocycles. The van der Waals surface area contributed by atoms with Crippen LogP contribution in [-0.2, 0) is 9.47 Å². The summed E-state index contributed by atoms with van der Waals surface area (Å²) in [6.45, 7) is 0.709. The first-order valence-electron chi connectivity index (χ1n) is 6.66. The maximum absolute atomic E-state index is 6.11. The molecule has 1 aliphatic carbocycles. The lowest BCUT2D eigenvalue weighted by Gasteiger charge is -2.21. The van der Waals surface area contributed by atoms with Gasteiger partial charge in [-0.15, -0.1) is 11.8 Å². The van der Waals surface area contributed by atoms with E-state index < -0.39 is 0 Å². The number of nitrogens with two attached hydrogens (primary N) is 1. The van der Waals surface area contributed by atoms with Crippen LogP contribution >= 0.6 is 27.7 Å². The molecule has 3 rings (SSSR count). The second kappa shape index (κ2) is 5.64. The number of nitrogen functional groups attached to an aromatic ring is 1. The van der Waals surface area contributed by atoms with Crippen molar-refractivity contribution in [1.29, 1.82) is 0 Å². The van der Waals surface area contributed by atoms with Crippen molar-refractivity contribution in [2.24, 2.45) is 0 Å². The first-order chi connectivity index (χ1) is 9.17. The standard InChI is InChI=1S/C14H18BrNO2S/c15-10-3-4-12(16)13(7-10)19-9-11-8-17-14(18-11)5-1-2-6-14/h3-4,7,11H,1-2,5-6,8-9,16H2. The number of benzene rings is 1. The minimum atomic E-state index is -0.256. The Morgan fingerprint density at radius 3 is 2.95 bits per heavy atom. The van der Waals surface area contributed by atoms with Gasteiger partial charge in [0, 0.05) is 33.7 Å². The average Bonchev–Trinajstić information content (AvgIpc) is 3.02. The topological polar surface area (TPSA) is 44.5 Å². The number of anilines is 1. The molecule has 0 radical (unpaired) electrons. The van der Waals surface area contributed by atoms with Gasteiger partial charge in [0.2, 0.25) is 0 Å². The zero-order valence-corrected chi connectivity index (χ0v) is 13.1. The van der Waals surface area contributed by atoms with E-state index in [9.17, 15) is 0 Å². The molecule has 2 N–H and O–H groups in total. The maximum Gasteiger partial charge on any atom is 0.168 e. The molecule has 1 saturated heterocycles. The summed E-state index contributed by atoms with van der Waals surface area (Å²) in [6, 6.07) is 5.94. The highest BCUT2D eigenvalue weighted by Gasteiger charge is 2.43. The molecular weight excluding hydrogens is 326 g/mol. The van der Waals surface area contributed by atoms with Crippen LogP contribution < -0.4 is 5.73 Å². The minimum absolute atomic E-state index is 0.182. The van der Waals surface area contributed by atoms with Gasteiger partial charge in [0.05, 0.1) is 12.7 Å². The minimum Gasteiger partial charge on any atom is -0.398 e. The average molecular weight is 344 g/mol. The van der Waals surface area contributed by atoms with Gasteiger partial charge in [-0.2, -0.15) is 0 Å². The van der Waals surface area contributed by atoms with Gasteiger partial charge >= 0.3 is 0 Å². The monoisotopic (exact) mass is 343 g/mol. The summed E-state index contributed by atoms with van der Waals surface area (Å²) >= 11 is 5.21. The lowest BCUT2D eigenvalue weighted by atomic mass is 10.2. The van der Waals surface area contributed by atoms with Crippen LogP contribution in [0.15, 0.2) is 27.6 Å². The van der Waals surface area contributed by atoms with Crippen LogP contribution in [0.5, 0.6) is 0 Å². The molecule has 1 aromatic rings. The van der Waals surface area contributed by atoms with Crippen LogP contribution in [0.25, 0.3) is 0 Å². The fourth-order valence-electron chi connectivity index (χ4n) is 2.69. The van der Waals surface area contributed by atoms with Gasteiger partial charge in [0.15, 0.2) is 5.79 Å². The highest BCUT2D eigenvalue weighted by Crippen LogP contribution is 2.40. The van der Waals surface area contributed by atoms with E-state index in [1.165, 1.54) is 12.8 Å². The van der Waals surface area contributed by atoms with Gasteiger partial charge in [-0.1, -0.05) is 15.9 Å². The number of halogens is 1. The first kappa shape index (κ1) is 13.7. The second-order valence-corrected chi connectivity index (χ2v) is 7.14. The number of hydrogen-bond acceptors (Lipinski definition) is 4. The number of ether oxygens (including phenoxy) is 2. The SMILES string of the molecule is Nc1ccc(Br)cc1SCC1COC2(CCCC2)O1. The summed E-state index contributed by atoms with van der Waals surface area (Å²) in [4.78, 5) is 1.10. The largest absolute Gasteiger partial charge is 0.398 e. The van der Waals surface area contributed by atoms with Crippen molar-refractivity contribution < 1.29 is 9.47 Å². The highest BCUT2D eigenvalue weighted by atomic mass is 79.9. The van der Waals surface area contributed by atoms with Crippen LogP contribution in [0, 0.1) is 0 Å². The molecule has 2 aliphatic rings. The van der Waals surface area contributed by atoms with Gasteiger partial charge in [-0.3, -0.25) is 0 Å². The number of rotatable bonds is 3. The van der Waals surface area contributed by atoms with Crippen molar-refractivity contribution >= 4 is 33.4 Å². The zero-order valence-electron chi connectivity index (χ0n) is 10.7.